The second-order valence-corrected chi connectivity index (χ2v) is 9.77. The van der Waals surface area contributed by atoms with Crippen molar-refractivity contribution in [1.82, 2.24) is 0 Å². The molecule has 0 saturated carbocycles. The lowest BCUT2D eigenvalue weighted by Gasteiger charge is -2.18. The molecule has 0 saturated heterocycles. The van der Waals surface area contributed by atoms with E-state index in [0.717, 1.165) is 32.2 Å². The molecular formula is C16H4Br6. The van der Waals surface area contributed by atoms with E-state index in [1.54, 1.807) is 0 Å². The lowest BCUT2D eigenvalue weighted by atomic mass is 9.94. The molecule has 110 valence electrons. The van der Waals surface area contributed by atoms with Gasteiger partial charge in [-0.05, 0) is 102 Å². The van der Waals surface area contributed by atoms with Crippen molar-refractivity contribution in [2.75, 3.05) is 0 Å². The zero-order valence-electron chi connectivity index (χ0n) is 10.6. The largest absolute Gasteiger partial charge is 0.0537 e. The fourth-order valence-corrected chi connectivity index (χ4v) is 6.98. The summed E-state index contributed by atoms with van der Waals surface area (Å²) < 4.78 is 6.30. The molecule has 4 aromatic carbocycles. The minimum absolute atomic E-state index is 1.02. The van der Waals surface area contributed by atoms with E-state index in [0.29, 0.717) is 0 Å². The number of rotatable bonds is 0. The Balaban J connectivity index is 2.54. The first-order valence-corrected chi connectivity index (χ1v) is 11.0. The van der Waals surface area contributed by atoms with Crippen LogP contribution < -0.4 is 0 Å². The summed E-state index contributed by atoms with van der Waals surface area (Å²) in [6.45, 7) is 0. The van der Waals surface area contributed by atoms with Crippen LogP contribution in [0.15, 0.2) is 51.1 Å². The standard InChI is InChI=1S/C16H4Br6/c17-7-4-2-5-1-3-6-9-8(5)10(7)13(19)14(20)11(9)15(21)16(22)12(6)18/h1-4H. The summed E-state index contributed by atoms with van der Waals surface area (Å²) in [5, 5.41) is 7.26. The van der Waals surface area contributed by atoms with Crippen molar-refractivity contribution in [1.29, 1.82) is 0 Å². The predicted octanol–water partition coefficient (Wildman–Crippen LogP) is 9.16. The molecule has 0 aliphatic rings. The summed E-state index contributed by atoms with van der Waals surface area (Å²) in [6.07, 6.45) is 0. The Labute approximate surface area is 177 Å². The number of halogens is 6. The SMILES string of the molecule is Brc1c(Br)c2ccc3ccc(Br)c4c(Br)c(Br)c(c1Br)c2c34. The van der Waals surface area contributed by atoms with Crippen LogP contribution in [0.2, 0.25) is 0 Å². The molecule has 4 aromatic rings. The van der Waals surface area contributed by atoms with E-state index in [1.165, 1.54) is 26.9 Å². The fourth-order valence-electron chi connectivity index (χ4n) is 2.91. The van der Waals surface area contributed by atoms with Crippen LogP contribution >= 0.6 is 95.6 Å². The smallest absolute Gasteiger partial charge is 0.0472 e. The van der Waals surface area contributed by atoms with E-state index in [1.807, 2.05) is 0 Å². The third kappa shape index (κ3) is 2.07. The zero-order valence-corrected chi connectivity index (χ0v) is 20.1. The average molecular weight is 676 g/mol. The van der Waals surface area contributed by atoms with E-state index in [4.69, 9.17) is 0 Å². The van der Waals surface area contributed by atoms with Crippen LogP contribution in [0.4, 0.5) is 0 Å². The second kappa shape index (κ2) is 5.67. The van der Waals surface area contributed by atoms with Crippen molar-refractivity contribution < 1.29 is 0 Å². The highest BCUT2D eigenvalue weighted by Crippen LogP contribution is 2.52. The molecule has 0 aromatic heterocycles. The molecule has 0 spiro atoms. The Kier molecular flexibility index (Phi) is 4.19. The van der Waals surface area contributed by atoms with Gasteiger partial charge in [0.1, 0.15) is 0 Å². The maximum Gasteiger partial charge on any atom is 0.0472 e. The third-order valence-corrected chi connectivity index (χ3v) is 10.1. The molecular weight excluding hydrogens is 672 g/mol. The van der Waals surface area contributed by atoms with E-state index in [9.17, 15) is 0 Å². The van der Waals surface area contributed by atoms with Crippen LogP contribution in [-0.4, -0.2) is 0 Å². The lowest BCUT2D eigenvalue weighted by molar-refractivity contribution is 1.61. The van der Waals surface area contributed by atoms with Gasteiger partial charge >= 0.3 is 0 Å². The first-order valence-electron chi connectivity index (χ1n) is 6.21. The summed E-state index contributed by atoms with van der Waals surface area (Å²) in [5.74, 6) is 0. The van der Waals surface area contributed by atoms with Gasteiger partial charge in [-0.2, -0.15) is 0 Å². The highest BCUT2D eigenvalue weighted by atomic mass is 79.9. The quantitative estimate of drug-likeness (QED) is 0.129. The van der Waals surface area contributed by atoms with Crippen LogP contribution in [0.1, 0.15) is 0 Å². The van der Waals surface area contributed by atoms with Gasteiger partial charge in [-0.1, -0.05) is 34.1 Å². The normalized spacial score (nSPS) is 12.1. The highest BCUT2D eigenvalue weighted by Gasteiger charge is 2.22. The minimum atomic E-state index is 1.02. The average Bonchev–Trinajstić information content (AvgIpc) is 2.51. The Morgan fingerprint density at radius 1 is 0.455 bits per heavy atom. The molecule has 0 amide bonds. The molecule has 0 fully saturated rings. The molecule has 4 rings (SSSR count). The van der Waals surface area contributed by atoms with Crippen molar-refractivity contribution in [3.8, 4) is 0 Å². The molecule has 0 aliphatic carbocycles. The van der Waals surface area contributed by atoms with Crippen LogP contribution in [0.5, 0.6) is 0 Å². The van der Waals surface area contributed by atoms with Gasteiger partial charge < -0.3 is 0 Å². The number of hydrogen-bond acceptors (Lipinski definition) is 0. The Hall–Kier alpha value is 0.800. The molecule has 0 radical (unpaired) electrons. The lowest BCUT2D eigenvalue weighted by Crippen LogP contribution is -1.91. The highest BCUT2D eigenvalue weighted by molar-refractivity contribution is 9.14. The maximum atomic E-state index is 3.77. The third-order valence-electron chi connectivity index (χ3n) is 3.86. The molecule has 0 heterocycles. The van der Waals surface area contributed by atoms with Crippen LogP contribution in [0, 0.1) is 0 Å². The van der Waals surface area contributed by atoms with Crippen LogP contribution in [0.3, 0.4) is 0 Å². The fraction of sp³-hybridized carbons (Fsp3) is 0. The Morgan fingerprint density at radius 2 is 1.05 bits per heavy atom. The summed E-state index contributed by atoms with van der Waals surface area (Å²) in [5.41, 5.74) is 0. The van der Waals surface area contributed by atoms with Crippen molar-refractivity contribution in [3.63, 3.8) is 0 Å². The number of benzene rings is 4. The van der Waals surface area contributed by atoms with Gasteiger partial charge in [0, 0.05) is 43.0 Å². The summed E-state index contributed by atoms with van der Waals surface area (Å²) in [7, 11) is 0. The molecule has 0 aliphatic heterocycles. The van der Waals surface area contributed by atoms with Crippen molar-refractivity contribution in [2.45, 2.75) is 0 Å². The second-order valence-electron chi connectivity index (χ2n) is 4.95. The predicted molar refractivity (Wildman–Crippen MR) is 116 cm³/mol. The van der Waals surface area contributed by atoms with Crippen LogP contribution in [0.25, 0.3) is 32.3 Å². The minimum Gasteiger partial charge on any atom is -0.0537 e. The molecule has 0 unspecified atom stereocenters. The van der Waals surface area contributed by atoms with Gasteiger partial charge in [-0.25, -0.2) is 0 Å². The monoisotopic (exact) mass is 670 g/mol. The summed E-state index contributed by atoms with van der Waals surface area (Å²) >= 11 is 22.4. The summed E-state index contributed by atoms with van der Waals surface area (Å²) in [6, 6.07) is 8.58. The van der Waals surface area contributed by atoms with E-state index < -0.39 is 0 Å². The molecule has 0 N–H and O–H groups in total. The van der Waals surface area contributed by atoms with E-state index >= 15 is 0 Å². The van der Waals surface area contributed by atoms with Gasteiger partial charge in [0.15, 0.2) is 0 Å². The van der Waals surface area contributed by atoms with Gasteiger partial charge in [-0.15, -0.1) is 0 Å². The van der Waals surface area contributed by atoms with Gasteiger partial charge in [0.05, 0.1) is 0 Å². The van der Waals surface area contributed by atoms with Gasteiger partial charge in [-0.3, -0.25) is 0 Å². The first kappa shape index (κ1) is 16.3. The Bertz CT molecular complexity index is 1080. The molecule has 22 heavy (non-hydrogen) atoms. The number of hydrogen-bond donors (Lipinski definition) is 0. The van der Waals surface area contributed by atoms with Crippen LogP contribution in [-0.2, 0) is 0 Å². The van der Waals surface area contributed by atoms with Gasteiger partial charge in [0.2, 0.25) is 0 Å². The van der Waals surface area contributed by atoms with Crippen molar-refractivity contribution in [2.24, 2.45) is 0 Å². The Morgan fingerprint density at radius 3 is 1.77 bits per heavy atom. The zero-order chi connectivity index (χ0) is 15.8. The van der Waals surface area contributed by atoms with Crippen molar-refractivity contribution >= 4 is 128 Å². The topological polar surface area (TPSA) is 0 Å². The van der Waals surface area contributed by atoms with E-state index in [2.05, 4.69) is 120 Å². The summed E-state index contributed by atoms with van der Waals surface area (Å²) in [4.78, 5) is 0. The first-order chi connectivity index (χ1) is 10.4. The van der Waals surface area contributed by atoms with Crippen molar-refractivity contribution in [3.05, 3.63) is 51.1 Å². The molecule has 6 heteroatoms. The van der Waals surface area contributed by atoms with Gasteiger partial charge in [0.25, 0.3) is 0 Å². The molecule has 0 nitrogen and oxygen atoms in total. The molecule has 0 atom stereocenters. The van der Waals surface area contributed by atoms with E-state index in [-0.39, 0.29) is 0 Å². The maximum absolute atomic E-state index is 3.77. The molecule has 0 bridgehead atoms.